The number of nitrogens with zero attached hydrogens (tertiary/aromatic N) is 3. The van der Waals surface area contributed by atoms with Gasteiger partial charge in [0.25, 0.3) is 5.91 Å². The Hall–Kier alpha value is -3.59. The van der Waals surface area contributed by atoms with Gasteiger partial charge in [0.2, 0.25) is 16.9 Å². The second-order valence-corrected chi connectivity index (χ2v) is 9.73. The van der Waals surface area contributed by atoms with Crippen LogP contribution in [-0.2, 0) is 9.59 Å². The van der Waals surface area contributed by atoms with Gasteiger partial charge in [0.1, 0.15) is 5.01 Å². The molecule has 0 bridgehead atoms. The third-order valence-corrected chi connectivity index (χ3v) is 7.23. The van der Waals surface area contributed by atoms with Gasteiger partial charge in [0.05, 0.1) is 0 Å². The molecule has 4 rings (SSSR count). The largest absolute Gasteiger partial charge is 0.326 e. The van der Waals surface area contributed by atoms with Gasteiger partial charge in [-0.05, 0) is 50.1 Å². The third-order valence-electron chi connectivity index (χ3n) is 6.23. The number of aromatic nitrogens is 2. The van der Waals surface area contributed by atoms with Crippen LogP contribution >= 0.6 is 11.3 Å². The molecule has 2 heterocycles. The zero-order valence-electron chi connectivity index (χ0n) is 20.1. The van der Waals surface area contributed by atoms with Gasteiger partial charge in [-0.2, -0.15) is 0 Å². The van der Waals surface area contributed by atoms with E-state index in [2.05, 4.69) is 20.8 Å². The quantitative estimate of drug-likeness (QED) is 0.462. The van der Waals surface area contributed by atoms with Crippen molar-refractivity contribution in [2.45, 2.75) is 46.0 Å². The summed E-state index contributed by atoms with van der Waals surface area (Å²) in [6.45, 7) is 6.50. The number of rotatable bonds is 8. The van der Waals surface area contributed by atoms with E-state index in [0.717, 1.165) is 29.1 Å². The maximum Gasteiger partial charge on any atom is 0.257 e. The highest BCUT2D eigenvalue weighted by Crippen LogP contribution is 2.34. The van der Waals surface area contributed by atoms with E-state index in [1.807, 2.05) is 45.0 Å². The number of benzene rings is 2. The van der Waals surface area contributed by atoms with Crippen LogP contribution in [0.15, 0.2) is 48.5 Å². The SMILES string of the molecule is CCC(CC)C(=O)Nc1cccc(C(=O)Nc2nnc(C3CC(=O)N(c4ccc(C)cc4)C3)s2)c1. The molecule has 1 unspecified atom stereocenters. The molecule has 1 saturated heterocycles. The van der Waals surface area contributed by atoms with Gasteiger partial charge in [-0.3, -0.25) is 19.7 Å². The van der Waals surface area contributed by atoms with Crippen molar-refractivity contribution >= 4 is 45.6 Å². The summed E-state index contributed by atoms with van der Waals surface area (Å²) >= 11 is 1.28. The third kappa shape index (κ3) is 5.74. The average molecular weight is 492 g/mol. The van der Waals surface area contributed by atoms with Crippen molar-refractivity contribution in [1.82, 2.24) is 10.2 Å². The predicted molar refractivity (Wildman–Crippen MR) is 138 cm³/mol. The summed E-state index contributed by atoms with van der Waals surface area (Å²) in [5.41, 5.74) is 3.00. The first-order valence-corrected chi connectivity index (χ1v) is 12.6. The zero-order chi connectivity index (χ0) is 24.9. The molecule has 0 aliphatic carbocycles. The first-order chi connectivity index (χ1) is 16.9. The molecule has 1 atom stereocenters. The number of carbonyl (C=O) groups is 3. The Balaban J connectivity index is 1.39. The Morgan fingerprint density at radius 1 is 1.09 bits per heavy atom. The number of nitrogens with one attached hydrogen (secondary N) is 2. The highest BCUT2D eigenvalue weighted by Gasteiger charge is 2.34. The number of hydrogen-bond donors (Lipinski definition) is 2. The van der Waals surface area contributed by atoms with Gasteiger partial charge in [0, 0.05) is 41.7 Å². The molecular formula is C26H29N5O3S. The summed E-state index contributed by atoms with van der Waals surface area (Å²) < 4.78 is 0. The normalized spacial score (nSPS) is 15.5. The van der Waals surface area contributed by atoms with E-state index < -0.39 is 0 Å². The van der Waals surface area contributed by atoms with Gasteiger partial charge in [-0.25, -0.2) is 0 Å². The van der Waals surface area contributed by atoms with Crippen molar-refractivity contribution in [3.05, 3.63) is 64.7 Å². The summed E-state index contributed by atoms with van der Waals surface area (Å²) in [4.78, 5) is 39.5. The summed E-state index contributed by atoms with van der Waals surface area (Å²) in [6.07, 6.45) is 1.88. The minimum atomic E-state index is -0.338. The summed E-state index contributed by atoms with van der Waals surface area (Å²) in [5, 5.41) is 15.1. The fourth-order valence-corrected chi connectivity index (χ4v) is 4.94. The first kappa shape index (κ1) is 24.5. The van der Waals surface area contributed by atoms with Crippen LogP contribution in [0.5, 0.6) is 0 Å². The van der Waals surface area contributed by atoms with Crippen LogP contribution < -0.4 is 15.5 Å². The Morgan fingerprint density at radius 2 is 1.83 bits per heavy atom. The van der Waals surface area contributed by atoms with Crippen LogP contribution in [0.2, 0.25) is 0 Å². The Morgan fingerprint density at radius 3 is 2.54 bits per heavy atom. The molecule has 1 aromatic heterocycles. The molecule has 0 saturated carbocycles. The number of hydrogen-bond acceptors (Lipinski definition) is 6. The standard InChI is InChI=1S/C26H29N5O3S/c1-4-17(5-2)23(33)27-20-8-6-7-18(13-20)24(34)28-26-30-29-25(35-26)19-14-22(32)31(15-19)21-11-9-16(3)10-12-21/h6-13,17,19H,4-5,14-15H2,1-3H3,(H,27,33)(H,28,30,34). The molecule has 9 heteroatoms. The van der Waals surface area contributed by atoms with E-state index in [9.17, 15) is 14.4 Å². The average Bonchev–Trinajstić information content (AvgIpc) is 3.47. The Kier molecular flexibility index (Phi) is 7.55. The number of amides is 3. The lowest BCUT2D eigenvalue weighted by Gasteiger charge is -2.16. The van der Waals surface area contributed by atoms with Crippen LogP contribution in [-0.4, -0.2) is 34.5 Å². The molecule has 35 heavy (non-hydrogen) atoms. The van der Waals surface area contributed by atoms with Gasteiger partial charge < -0.3 is 10.2 Å². The van der Waals surface area contributed by atoms with Gasteiger partial charge >= 0.3 is 0 Å². The number of carbonyl (C=O) groups excluding carboxylic acids is 3. The smallest absolute Gasteiger partial charge is 0.257 e. The maximum atomic E-state index is 12.8. The molecule has 1 aliphatic rings. The minimum Gasteiger partial charge on any atom is -0.326 e. The topological polar surface area (TPSA) is 104 Å². The lowest BCUT2D eigenvalue weighted by Crippen LogP contribution is -2.24. The van der Waals surface area contributed by atoms with Gasteiger partial charge in [-0.15, -0.1) is 10.2 Å². The number of aryl methyl sites for hydroxylation is 1. The molecule has 1 fully saturated rings. The van der Waals surface area contributed by atoms with Crippen molar-refractivity contribution in [2.75, 3.05) is 22.1 Å². The van der Waals surface area contributed by atoms with E-state index in [-0.39, 0.29) is 29.6 Å². The van der Waals surface area contributed by atoms with Crippen LogP contribution in [0, 0.1) is 12.8 Å². The van der Waals surface area contributed by atoms with E-state index in [4.69, 9.17) is 0 Å². The van der Waals surface area contributed by atoms with Crippen molar-refractivity contribution in [2.24, 2.45) is 5.92 Å². The molecule has 3 amide bonds. The maximum absolute atomic E-state index is 12.8. The lowest BCUT2D eigenvalue weighted by molar-refractivity contribution is -0.120. The molecule has 8 nitrogen and oxygen atoms in total. The van der Waals surface area contributed by atoms with Crippen LogP contribution in [0.1, 0.15) is 60.0 Å². The van der Waals surface area contributed by atoms with Crippen molar-refractivity contribution in [1.29, 1.82) is 0 Å². The highest BCUT2D eigenvalue weighted by molar-refractivity contribution is 7.15. The summed E-state index contributed by atoms with van der Waals surface area (Å²) in [6, 6.07) is 14.7. The summed E-state index contributed by atoms with van der Waals surface area (Å²) in [5.74, 6) is -0.471. The first-order valence-electron chi connectivity index (χ1n) is 11.8. The lowest BCUT2D eigenvalue weighted by atomic mass is 10.0. The van der Waals surface area contributed by atoms with E-state index in [1.165, 1.54) is 11.3 Å². The second-order valence-electron chi connectivity index (χ2n) is 8.72. The molecule has 0 radical (unpaired) electrons. The highest BCUT2D eigenvalue weighted by atomic mass is 32.1. The fraction of sp³-hybridized carbons (Fsp3) is 0.346. The van der Waals surface area contributed by atoms with Gasteiger partial charge in [0.15, 0.2) is 0 Å². The molecule has 182 valence electrons. The van der Waals surface area contributed by atoms with Crippen LogP contribution in [0.3, 0.4) is 0 Å². The zero-order valence-corrected chi connectivity index (χ0v) is 20.9. The molecule has 1 aliphatic heterocycles. The Labute approximate surface area is 208 Å². The molecular weight excluding hydrogens is 462 g/mol. The minimum absolute atomic E-state index is 0.0480. The van der Waals surface area contributed by atoms with E-state index in [1.54, 1.807) is 29.2 Å². The number of anilines is 3. The van der Waals surface area contributed by atoms with Crippen molar-refractivity contribution in [3.63, 3.8) is 0 Å². The van der Waals surface area contributed by atoms with Crippen LogP contribution in [0.4, 0.5) is 16.5 Å². The predicted octanol–water partition coefficient (Wildman–Crippen LogP) is 4.99. The summed E-state index contributed by atoms with van der Waals surface area (Å²) in [7, 11) is 0. The molecule has 3 aromatic rings. The molecule has 0 spiro atoms. The van der Waals surface area contributed by atoms with Gasteiger partial charge in [-0.1, -0.05) is 48.9 Å². The second kappa shape index (κ2) is 10.8. The van der Waals surface area contributed by atoms with E-state index in [0.29, 0.717) is 29.3 Å². The van der Waals surface area contributed by atoms with Crippen molar-refractivity contribution in [3.8, 4) is 0 Å². The fourth-order valence-electron chi connectivity index (χ4n) is 4.11. The molecule has 2 aromatic carbocycles. The monoisotopic (exact) mass is 491 g/mol. The van der Waals surface area contributed by atoms with Crippen LogP contribution in [0.25, 0.3) is 0 Å². The van der Waals surface area contributed by atoms with Crippen molar-refractivity contribution < 1.29 is 14.4 Å². The van der Waals surface area contributed by atoms with E-state index >= 15 is 0 Å². The molecule has 2 N–H and O–H groups in total. The Bertz CT molecular complexity index is 1220.